The van der Waals surface area contributed by atoms with Crippen molar-refractivity contribution >= 4 is 16.9 Å². The molecule has 1 saturated heterocycles. The van der Waals surface area contributed by atoms with Crippen LogP contribution in [0.2, 0.25) is 0 Å². The molecule has 4 aromatic rings. The summed E-state index contributed by atoms with van der Waals surface area (Å²) in [6.07, 6.45) is 4.22. The van der Waals surface area contributed by atoms with Gasteiger partial charge in [0.25, 0.3) is 5.91 Å². The van der Waals surface area contributed by atoms with Crippen LogP contribution in [0, 0.1) is 0 Å². The van der Waals surface area contributed by atoms with Crippen LogP contribution in [0.1, 0.15) is 34.8 Å². The lowest BCUT2D eigenvalue weighted by molar-refractivity contribution is -0.137. The number of nitrogens with one attached hydrogen (secondary N) is 1. The van der Waals surface area contributed by atoms with E-state index in [1.165, 1.54) is 12.1 Å². The predicted molar refractivity (Wildman–Crippen MR) is 111 cm³/mol. The molecule has 0 unspecified atom stereocenters. The second-order valence-electron chi connectivity index (χ2n) is 7.83. The fourth-order valence-electron chi connectivity index (χ4n) is 3.99. The number of alkyl halides is 3. The average molecular weight is 440 g/mol. The third-order valence-electron chi connectivity index (χ3n) is 5.81. The number of halogens is 3. The van der Waals surface area contributed by atoms with Crippen molar-refractivity contribution in [2.45, 2.75) is 25.1 Å². The smallest absolute Gasteiger partial charge is 0.338 e. The molecular formula is C22H19F3N6O. The molecule has 32 heavy (non-hydrogen) atoms. The molecule has 0 atom stereocenters. The average Bonchev–Trinajstić information content (AvgIpc) is 3.47. The minimum atomic E-state index is -4.41. The van der Waals surface area contributed by atoms with Gasteiger partial charge in [-0.1, -0.05) is 0 Å². The van der Waals surface area contributed by atoms with Gasteiger partial charge in [-0.05, 0) is 43.2 Å². The van der Waals surface area contributed by atoms with Crippen molar-refractivity contribution in [2.75, 3.05) is 13.1 Å². The molecule has 1 fully saturated rings. The molecule has 4 heterocycles. The number of likely N-dealkylation sites (tertiary alicyclic amines) is 1. The highest BCUT2D eigenvalue weighted by Crippen LogP contribution is 2.30. The number of carbonyl (C=O) groups excluding carboxylic acids is 1. The molecule has 1 amide bonds. The number of hydrogen-bond donors (Lipinski definition) is 1. The lowest BCUT2D eigenvalue weighted by atomic mass is 10.0. The van der Waals surface area contributed by atoms with Crippen LogP contribution in [-0.4, -0.2) is 48.9 Å². The van der Waals surface area contributed by atoms with E-state index in [0.29, 0.717) is 25.9 Å². The van der Waals surface area contributed by atoms with Crippen molar-refractivity contribution < 1.29 is 18.0 Å². The minimum Gasteiger partial charge on any atom is -0.338 e. The summed E-state index contributed by atoms with van der Waals surface area (Å²) < 4.78 is 40.1. The molecule has 0 bridgehead atoms. The quantitative estimate of drug-likeness (QED) is 0.515. The Labute approximate surface area is 180 Å². The highest BCUT2D eigenvalue weighted by molar-refractivity contribution is 5.94. The maximum Gasteiger partial charge on any atom is 0.416 e. The van der Waals surface area contributed by atoms with Gasteiger partial charge in [-0.3, -0.25) is 19.6 Å². The van der Waals surface area contributed by atoms with Crippen LogP contribution in [0.4, 0.5) is 13.2 Å². The molecule has 3 aromatic heterocycles. The standard InChI is InChI=1S/C22H19F3N6O/c23-22(24,25)17-3-1-14(2-4-17)21(32)30-7-5-18(6-8-30)31-13-16(11-28-31)15-9-19-20(26-10-15)12-27-29-19/h1-4,9-13,18H,5-8H2,(H,27,29). The molecule has 0 spiro atoms. The molecule has 0 radical (unpaired) electrons. The molecule has 0 saturated carbocycles. The molecule has 1 aromatic carbocycles. The monoisotopic (exact) mass is 440 g/mol. The maximum absolute atomic E-state index is 12.7. The summed E-state index contributed by atoms with van der Waals surface area (Å²) in [6, 6.07) is 6.48. The number of H-pyrrole nitrogens is 1. The van der Waals surface area contributed by atoms with Gasteiger partial charge in [0.2, 0.25) is 0 Å². The molecule has 5 rings (SSSR count). The Morgan fingerprint density at radius 2 is 1.78 bits per heavy atom. The van der Waals surface area contributed by atoms with Crippen LogP contribution in [0.15, 0.2) is 55.1 Å². The first-order valence-electron chi connectivity index (χ1n) is 10.2. The van der Waals surface area contributed by atoms with Crippen molar-refractivity contribution in [1.82, 2.24) is 29.9 Å². The van der Waals surface area contributed by atoms with Gasteiger partial charge in [-0.2, -0.15) is 23.4 Å². The number of aromatic amines is 1. The number of carbonyl (C=O) groups is 1. The summed E-state index contributed by atoms with van der Waals surface area (Å²) in [5.41, 5.74) is 3.03. The largest absolute Gasteiger partial charge is 0.416 e. The van der Waals surface area contributed by atoms with E-state index in [4.69, 9.17) is 0 Å². The first-order chi connectivity index (χ1) is 15.4. The minimum absolute atomic E-state index is 0.143. The van der Waals surface area contributed by atoms with Crippen molar-refractivity contribution in [2.24, 2.45) is 0 Å². The zero-order valence-electron chi connectivity index (χ0n) is 16.9. The van der Waals surface area contributed by atoms with Crippen LogP contribution < -0.4 is 0 Å². The number of aromatic nitrogens is 5. The highest BCUT2D eigenvalue weighted by atomic mass is 19.4. The molecule has 1 N–H and O–H groups in total. The second kappa shape index (κ2) is 7.77. The van der Waals surface area contributed by atoms with E-state index < -0.39 is 11.7 Å². The fraction of sp³-hybridized carbons (Fsp3) is 0.273. The van der Waals surface area contributed by atoms with E-state index in [-0.39, 0.29) is 17.5 Å². The summed E-state index contributed by atoms with van der Waals surface area (Å²) >= 11 is 0. The number of rotatable bonds is 3. The van der Waals surface area contributed by atoms with Crippen LogP contribution in [0.3, 0.4) is 0 Å². The van der Waals surface area contributed by atoms with Crippen LogP contribution in [-0.2, 0) is 6.18 Å². The molecule has 0 aliphatic carbocycles. The Balaban J connectivity index is 1.23. The van der Waals surface area contributed by atoms with Crippen molar-refractivity contribution in [3.8, 4) is 11.1 Å². The number of pyridine rings is 1. The number of hydrogen-bond acceptors (Lipinski definition) is 4. The van der Waals surface area contributed by atoms with E-state index in [1.807, 2.05) is 16.9 Å². The summed E-state index contributed by atoms with van der Waals surface area (Å²) in [5.74, 6) is -0.253. The molecule has 7 nitrogen and oxygen atoms in total. The van der Waals surface area contributed by atoms with E-state index in [0.717, 1.165) is 34.3 Å². The molecular weight excluding hydrogens is 421 g/mol. The van der Waals surface area contributed by atoms with Gasteiger partial charge in [-0.15, -0.1) is 0 Å². The Hall–Kier alpha value is -3.69. The molecule has 1 aliphatic heterocycles. The van der Waals surface area contributed by atoms with Gasteiger partial charge in [-0.25, -0.2) is 0 Å². The third kappa shape index (κ3) is 3.83. The molecule has 1 aliphatic rings. The fourth-order valence-corrected chi connectivity index (χ4v) is 3.99. The van der Waals surface area contributed by atoms with Crippen molar-refractivity contribution in [3.63, 3.8) is 0 Å². The zero-order chi connectivity index (χ0) is 22.3. The Bertz CT molecular complexity index is 1250. The summed E-state index contributed by atoms with van der Waals surface area (Å²) in [7, 11) is 0. The first kappa shape index (κ1) is 20.2. The maximum atomic E-state index is 12.7. The topological polar surface area (TPSA) is 79.7 Å². The van der Waals surface area contributed by atoms with Crippen molar-refractivity contribution in [1.29, 1.82) is 0 Å². The Morgan fingerprint density at radius 3 is 2.50 bits per heavy atom. The van der Waals surface area contributed by atoms with Gasteiger partial charge in [0.1, 0.15) is 5.52 Å². The summed E-state index contributed by atoms with van der Waals surface area (Å²) in [5, 5.41) is 11.4. The number of nitrogens with zero attached hydrogens (tertiary/aromatic N) is 5. The van der Waals surface area contributed by atoms with Gasteiger partial charge in [0.05, 0.1) is 29.5 Å². The van der Waals surface area contributed by atoms with Crippen LogP contribution >= 0.6 is 0 Å². The van der Waals surface area contributed by atoms with Gasteiger partial charge < -0.3 is 4.90 Å². The van der Waals surface area contributed by atoms with E-state index in [2.05, 4.69) is 20.3 Å². The lowest BCUT2D eigenvalue weighted by Gasteiger charge is -2.32. The van der Waals surface area contributed by atoms with E-state index in [1.54, 1.807) is 23.5 Å². The number of amides is 1. The third-order valence-corrected chi connectivity index (χ3v) is 5.81. The first-order valence-corrected chi connectivity index (χ1v) is 10.2. The summed E-state index contributed by atoms with van der Waals surface area (Å²) in [4.78, 5) is 18.7. The van der Waals surface area contributed by atoms with Gasteiger partial charge in [0.15, 0.2) is 0 Å². The van der Waals surface area contributed by atoms with Crippen LogP contribution in [0.25, 0.3) is 22.2 Å². The molecule has 10 heteroatoms. The predicted octanol–water partition coefficient (Wildman–Crippen LogP) is 4.32. The number of piperidine rings is 1. The van der Waals surface area contributed by atoms with Gasteiger partial charge in [0, 0.05) is 42.2 Å². The normalized spacial score (nSPS) is 15.4. The summed E-state index contributed by atoms with van der Waals surface area (Å²) in [6.45, 7) is 1.03. The lowest BCUT2D eigenvalue weighted by Crippen LogP contribution is -2.39. The van der Waals surface area contributed by atoms with Crippen molar-refractivity contribution in [3.05, 3.63) is 66.2 Å². The number of benzene rings is 1. The number of fused-ring (bicyclic) bond motifs is 1. The van der Waals surface area contributed by atoms with Crippen LogP contribution in [0.5, 0.6) is 0 Å². The zero-order valence-corrected chi connectivity index (χ0v) is 16.9. The highest BCUT2D eigenvalue weighted by Gasteiger charge is 2.31. The Morgan fingerprint density at radius 1 is 1.03 bits per heavy atom. The van der Waals surface area contributed by atoms with E-state index >= 15 is 0 Å². The Kier molecular flexibility index (Phi) is 4.91. The SMILES string of the molecule is O=C(c1ccc(C(F)(F)F)cc1)N1CCC(n2cc(-c3cnc4cn[nH]c4c3)cn2)CC1. The molecule has 164 valence electrons. The van der Waals surface area contributed by atoms with E-state index in [9.17, 15) is 18.0 Å². The second-order valence-corrected chi connectivity index (χ2v) is 7.83. The van der Waals surface area contributed by atoms with Gasteiger partial charge >= 0.3 is 6.18 Å².